The standard InChI is InChI=1S/C13H24N2O2/c1-11(17)14-6-2-3-12(9-14)10-15(7-8-16)13-4-5-13/h12-13,16H,2-10H2,1H3/t12-/m0/s1. The van der Waals surface area contributed by atoms with Crippen molar-refractivity contribution in [1.82, 2.24) is 9.80 Å². The fourth-order valence-corrected chi connectivity index (χ4v) is 2.82. The average molecular weight is 240 g/mol. The lowest BCUT2D eigenvalue weighted by molar-refractivity contribution is -0.130. The van der Waals surface area contributed by atoms with Crippen molar-refractivity contribution in [3.8, 4) is 0 Å². The van der Waals surface area contributed by atoms with E-state index in [4.69, 9.17) is 5.11 Å². The second-order valence-corrected chi connectivity index (χ2v) is 5.42. The Bertz CT molecular complexity index is 266. The van der Waals surface area contributed by atoms with Crippen LogP contribution < -0.4 is 0 Å². The zero-order valence-corrected chi connectivity index (χ0v) is 10.8. The van der Waals surface area contributed by atoms with Crippen molar-refractivity contribution in [2.75, 3.05) is 32.8 Å². The van der Waals surface area contributed by atoms with Crippen LogP contribution in [0.15, 0.2) is 0 Å². The number of hydrogen-bond acceptors (Lipinski definition) is 3. The molecular weight excluding hydrogens is 216 g/mol. The van der Waals surface area contributed by atoms with Gasteiger partial charge in [-0.25, -0.2) is 0 Å². The van der Waals surface area contributed by atoms with Crippen molar-refractivity contribution in [3.05, 3.63) is 0 Å². The summed E-state index contributed by atoms with van der Waals surface area (Å²) in [6, 6.07) is 0.704. The summed E-state index contributed by atoms with van der Waals surface area (Å²) in [5.74, 6) is 0.801. The minimum Gasteiger partial charge on any atom is -0.395 e. The third kappa shape index (κ3) is 3.68. The maximum absolute atomic E-state index is 11.4. The van der Waals surface area contributed by atoms with Gasteiger partial charge in [0.25, 0.3) is 0 Å². The molecule has 4 nitrogen and oxygen atoms in total. The van der Waals surface area contributed by atoms with Crippen LogP contribution in [0.25, 0.3) is 0 Å². The summed E-state index contributed by atoms with van der Waals surface area (Å²) < 4.78 is 0. The summed E-state index contributed by atoms with van der Waals surface area (Å²) >= 11 is 0. The second kappa shape index (κ2) is 5.83. The molecule has 1 aliphatic heterocycles. The third-order valence-electron chi connectivity index (χ3n) is 3.91. The van der Waals surface area contributed by atoms with Crippen molar-refractivity contribution >= 4 is 5.91 Å². The minimum absolute atomic E-state index is 0.204. The fourth-order valence-electron chi connectivity index (χ4n) is 2.82. The highest BCUT2D eigenvalue weighted by molar-refractivity contribution is 5.73. The quantitative estimate of drug-likeness (QED) is 0.769. The Morgan fingerprint density at radius 2 is 2.18 bits per heavy atom. The van der Waals surface area contributed by atoms with Crippen molar-refractivity contribution in [2.45, 2.75) is 38.6 Å². The molecule has 0 unspecified atom stereocenters. The largest absolute Gasteiger partial charge is 0.395 e. The van der Waals surface area contributed by atoms with Crippen LogP contribution in [0.3, 0.4) is 0 Å². The number of nitrogens with zero attached hydrogens (tertiary/aromatic N) is 2. The third-order valence-corrected chi connectivity index (χ3v) is 3.91. The number of carbonyl (C=O) groups is 1. The summed E-state index contributed by atoms with van der Waals surface area (Å²) in [6.45, 7) is 5.59. The first-order valence-corrected chi connectivity index (χ1v) is 6.81. The number of amides is 1. The molecule has 2 rings (SSSR count). The Kier molecular flexibility index (Phi) is 4.40. The summed E-state index contributed by atoms with van der Waals surface area (Å²) in [4.78, 5) is 15.8. The normalized spacial score (nSPS) is 25.4. The van der Waals surface area contributed by atoms with Crippen LogP contribution in [0.4, 0.5) is 0 Å². The number of hydrogen-bond donors (Lipinski definition) is 1. The van der Waals surface area contributed by atoms with Crippen molar-refractivity contribution in [3.63, 3.8) is 0 Å². The molecule has 0 radical (unpaired) electrons. The van der Waals surface area contributed by atoms with E-state index in [1.807, 2.05) is 4.90 Å². The van der Waals surface area contributed by atoms with Crippen molar-refractivity contribution in [1.29, 1.82) is 0 Å². The van der Waals surface area contributed by atoms with E-state index in [1.54, 1.807) is 6.92 Å². The second-order valence-electron chi connectivity index (χ2n) is 5.42. The zero-order valence-electron chi connectivity index (χ0n) is 10.8. The molecule has 0 aromatic carbocycles. The van der Waals surface area contributed by atoms with Crippen LogP contribution >= 0.6 is 0 Å². The predicted molar refractivity (Wildman–Crippen MR) is 66.7 cm³/mol. The molecule has 0 bridgehead atoms. The van der Waals surface area contributed by atoms with Gasteiger partial charge in [-0.2, -0.15) is 0 Å². The van der Waals surface area contributed by atoms with Crippen molar-refractivity contribution < 1.29 is 9.90 Å². The molecule has 2 aliphatic rings. The average Bonchev–Trinajstić information content (AvgIpc) is 3.13. The molecule has 2 fully saturated rings. The van der Waals surface area contributed by atoms with Crippen LogP contribution in [0.5, 0.6) is 0 Å². The predicted octanol–water partition coefficient (Wildman–Crippen LogP) is 0.702. The van der Waals surface area contributed by atoms with Crippen LogP contribution in [-0.4, -0.2) is 59.6 Å². The van der Waals surface area contributed by atoms with Gasteiger partial charge in [-0.1, -0.05) is 0 Å². The van der Waals surface area contributed by atoms with Gasteiger partial charge in [0.1, 0.15) is 0 Å². The first kappa shape index (κ1) is 12.8. The number of piperidine rings is 1. The smallest absolute Gasteiger partial charge is 0.219 e. The number of aliphatic hydroxyl groups excluding tert-OH is 1. The molecular formula is C13H24N2O2. The van der Waals surface area contributed by atoms with Gasteiger partial charge in [-0.05, 0) is 31.6 Å². The maximum atomic E-state index is 11.4. The lowest BCUT2D eigenvalue weighted by atomic mass is 9.97. The summed E-state index contributed by atoms with van der Waals surface area (Å²) in [5, 5.41) is 9.08. The monoisotopic (exact) mass is 240 g/mol. The van der Waals surface area contributed by atoms with E-state index in [9.17, 15) is 4.79 Å². The van der Waals surface area contributed by atoms with Crippen LogP contribution in [0.1, 0.15) is 32.6 Å². The van der Waals surface area contributed by atoms with Crippen LogP contribution in [-0.2, 0) is 4.79 Å². The topological polar surface area (TPSA) is 43.8 Å². The summed E-state index contributed by atoms with van der Waals surface area (Å²) in [5.41, 5.74) is 0. The Labute approximate surface area is 104 Å². The fraction of sp³-hybridized carbons (Fsp3) is 0.923. The molecule has 4 heteroatoms. The Morgan fingerprint density at radius 1 is 1.41 bits per heavy atom. The highest BCUT2D eigenvalue weighted by Gasteiger charge is 2.31. The molecule has 0 aromatic heterocycles. The number of likely N-dealkylation sites (tertiary alicyclic amines) is 1. The Hall–Kier alpha value is -0.610. The molecule has 98 valence electrons. The molecule has 1 heterocycles. The van der Waals surface area contributed by atoms with Crippen LogP contribution in [0, 0.1) is 5.92 Å². The van der Waals surface area contributed by atoms with Gasteiger partial charge < -0.3 is 10.0 Å². The first-order valence-electron chi connectivity index (χ1n) is 6.81. The molecule has 1 aliphatic carbocycles. The van der Waals surface area contributed by atoms with E-state index < -0.39 is 0 Å². The van der Waals surface area contributed by atoms with Gasteiger partial charge in [0.15, 0.2) is 0 Å². The van der Waals surface area contributed by atoms with Gasteiger partial charge in [-0.15, -0.1) is 0 Å². The molecule has 0 spiro atoms. The van der Waals surface area contributed by atoms with Gasteiger partial charge in [0, 0.05) is 39.1 Å². The lowest BCUT2D eigenvalue weighted by Gasteiger charge is -2.35. The van der Waals surface area contributed by atoms with Gasteiger partial charge in [0.2, 0.25) is 5.91 Å². The van der Waals surface area contributed by atoms with E-state index >= 15 is 0 Å². The lowest BCUT2D eigenvalue weighted by Crippen LogP contribution is -2.44. The van der Waals surface area contributed by atoms with E-state index in [1.165, 1.54) is 19.3 Å². The molecule has 1 saturated carbocycles. The van der Waals surface area contributed by atoms with Crippen molar-refractivity contribution in [2.24, 2.45) is 5.92 Å². The molecule has 1 amide bonds. The zero-order chi connectivity index (χ0) is 12.3. The Balaban J connectivity index is 1.82. The molecule has 1 atom stereocenters. The number of aliphatic hydroxyl groups is 1. The summed E-state index contributed by atoms with van der Waals surface area (Å²) in [7, 11) is 0. The van der Waals surface area contributed by atoms with E-state index in [2.05, 4.69) is 4.90 Å². The molecule has 17 heavy (non-hydrogen) atoms. The molecule has 1 N–H and O–H groups in total. The SMILES string of the molecule is CC(=O)N1CCC[C@H](CN(CCO)C2CC2)C1. The molecule has 0 aromatic rings. The van der Waals surface area contributed by atoms with Crippen LogP contribution in [0.2, 0.25) is 0 Å². The van der Waals surface area contributed by atoms with Gasteiger partial charge in [-0.3, -0.25) is 9.69 Å². The number of carbonyl (C=O) groups excluding carboxylic acids is 1. The first-order chi connectivity index (χ1) is 8.20. The summed E-state index contributed by atoms with van der Waals surface area (Å²) in [6.07, 6.45) is 4.91. The van der Waals surface area contributed by atoms with Gasteiger partial charge >= 0.3 is 0 Å². The maximum Gasteiger partial charge on any atom is 0.219 e. The highest BCUT2D eigenvalue weighted by Crippen LogP contribution is 2.28. The van der Waals surface area contributed by atoms with Gasteiger partial charge in [0.05, 0.1) is 6.61 Å². The van der Waals surface area contributed by atoms with E-state index in [0.717, 1.165) is 32.6 Å². The Morgan fingerprint density at radius 3 is 2.76 bits per heavy atom. The number of rotatable bonds is 5. The molecule has 1 saturated heterocycles. The minimum atomic E-state index is 0.204. The van der Waals surface area contributed by atoms with E-state index in [-0.39, 0.29) is 12.5 Å². The van der Waals surface area contributed by atoms with E-state index in [0.29, 0.717) is 12.0 Å². The highest BCUT2D eigenvalue weighted by atomic mass is 16.3.